The molecule has 3 rings (SSSR count). The average Bonchev–Trinajstić information content (AvgIpc) is 2.88. The van der Waals surface area contributed by atoms with E-state index in [-0.39, 0.29) is 27.5 Å². The van der Waals surface area contributed by atoms with Gasteiger partial charge in [0.15, 0.2) is 11.5 Å². The molecule has 0 heterocycles. The highest BCUT2D eigenvalue weighted by atomic mass is 35.5. The maximum Gasteiger partial charge on any atom is 0.264 e. The highest BCUT2D eigenvalue weighted by Gasteiger charge is 2.29. The zero-order valence-electron chi connectivity index (χ0n) is 20.5. The molecule has 1 N–H and O–H groups in total. The van der Waals surface area contributed by atoms with Crippen molar-refractivity contribution in [1.82, 2.24) is 5.32 Å². The summed E-state index contributed by atoms with van der Waals surface area (Å²) in [6.45, 7) is 0.328. The van der Waals surface area contributed by atoms with Gasteiger partial charge in [-0.3, -0.25) is 9.10 Å². The van der Waals surface area contributed by atoms with Crippen molar-refractivity contribution in [3.63, 3.8) is 0 Å². The molecular formula is C25H32ClFN2O6S. The molecule has 198 valence electrons. The second-order valence-corrected chi connectivity index (χ2v) is 10.7. The van der Waals surface area contributed by atoms with E-state index in [4.69, 9.17) is 25.8 Å². The molecule has 36 heavy (non-hydrogen) atoms. The van der Waals surface area contributed by atoms with E-state index < -0.39 is 28.3 Å². The van der Waals surface area contributed by atoms with Crippen LogP contribution in [0.25, 0.3) is 0 Å². The fraction of sp³-hybridized carbons (Fsp3) is 0.480. The van der Waals surface area contributed by atoms with Crippen molar-refractivity contribution in [3.05, 3.63) is 47.2 Å². The Morgan fingerprint density at radius 1 is 1.08 bits per heavy atom. The van der Waals surface area contributed by atoms with E-state index in [2.05, 4.69) is 5.32 Å². The van der Waals surface area contributed by atoms with E-state index in [1.807, 2.05) is 0 Å². The van der Waals surface area contributed by atoms with Crippen molar-refractivity contribution in [2.24, 2.45) is 0 Å². The van der Waals surface area contributed by atoms with Crippen LogP contribution in [0.4, 0.5) is 10.1 Å². The Balaban J connectivity index is 1.73. The van der Waals surface area contributed by atoms with E-state index >= 15 is 0 Å². The summed E-state index contributed by atoms with van der Waals surface area (Å²) in [6.07, 6.45) is 6.62. The maximum atomic E-state index is 13.8. The minimum Gasteiger partial charge on any atom is -0.493 e. The molecule has 2 aromatic carbocycles. The van der Waals surface area contributed by atoms with Crippen molar-refractivity contribution in [2.75, 3.05) is 38.2 Å². The number of amides is 1. The third-order valence-electron chi connectivity index (χ3n) is 5.97. The van der Waals surface area contributed by atoms with Crippen molar-refractivity contribution in [3.8, 4) is 11.5 Å². The van der Waals surface area contributed by atoms with Crippen LogP contribution in [-0.2, 0) is 19.6 Å². The topological polar surface area (TPSA) is 94.2 Å². The Hall–Kier alpha value is -2.56. The van der Waals surface area contributed by atoms with E-state index in [0.29, 0.717) is 25.3 Å². The third-order valence-corrected chi connectivity index (χ3v) is 8.03. The van der Waals surface area contributed by atoms with Crippen LogP contribution in [0.2, 0.25) is 5.02 Å². The van der Waals surface area contributed by atoms with Crippen LogP contribution in [0.15, 0.2) is 41.3 Å². The number of rotatable bonds is 12. The van der Waals surface area contributed by atoms with E-state index in [0.717, 1.165) is 23.2 Å². The van der Waals surface area contributed by atoms with Crippen LogP contribution < -0.4 is 19.1 Å². The number of methoxy groups -OCH3 is 2. The summed E-state index contributed by atoms with van der Waals surface area (Å²) in [7, 11) is -1.43. The van der Waals surface area contributed by atoms with Gasteiger partial charge >= 0.3 is 0 Å². The molecule has 0 bridgehead atoms. The van der Waals surface area contributed by atoms with Crippen LogP contribution in [0.1, 0.15) is 38.5 Å². The Morgan fingerprint density at radius 3 is 2.47 bits per heavy atom. The number of carbonyl (C=O) groups is 1. The lowest BCUT2D eigenvalue weighted by molar-refractivity contribution is -0.119. The summed E-state index contributed by atoms with van der Waals surface area (Å²) >= 11 is 5.91. The Bertz CT molecular complexity index is 1140. The van der Waals surface area contributed by atoms with E-state index in [9.17, 15) is 17.6 Å². The summed E-state index contributed by atoms with van der Waals surface area (Å²) in [5.41, 5.74) is 0.0481. The molecule has 11 heteroatoms. The first-order valence-corrected chi connectivity index (χ1v) is 13.7. The Morgan fingerprint density at radius 2 is 1.81 bits per heavy atom. The molecule has 0 atom stereocenters. The molecular weight excluding hydrogens is 511 g/mol. The summed E-state index contributed by atoms with van der Waals surface area (Å²) in [5, 5.41) is 2.47. The van der Waals surface area contributed by atoms with Gasteiger partial charge in [-0.15, -0.1) is 0 Å². The molecule has 0 aromatic heterocycles. The highest BCUT2D eigenvalue weighted by molar-refractivity contribution is 7.92. The molecule has 0 aliphatic heterocycles. The van der Waals surface area contributed by atoms with Crippen LogP contribution in [-0.4, -0.2) is 54.3 Å². The minimum atomic E-state index is -4.25. The van der Waals surface area contributed by atoms with E-state index in [1.54, 1.807) is 0 Å². The summed E-state index contributed by atoms with van der Waals surface area (Å²) in [6, 6.07) is 7.57. The fourth-order valence-corrected chi connectivity index (χ4v) is 5.63. The van der Waals surface area contributed by atoms with Crippen LogP contribution in [0.3, 0.4) is 0 Å². The van der Waals surface area contributed by atoms with Gasteiger partial charge in [-0.05, 0) is 49.6 Å². The van der Waals surface area contributed by atoms with Gasteiger partial charge in [-0.2, -0.15) is 0 Å². The summed E-state index contributed by atoms with van der Waals surface area (Å²) in [4.78, 5) is 12.6. The van der Waals surface area contributed by atoms with Gasteiger partial charge in [0.2, 0.25) is 5.91 Å². The number of anilines is 1. The van der Waals surface area contributed by atoms with Crippen molar-refractivity contribution in [1.29, 1.82) is 0 Å². The Kier molecular flexibility index (Phi) is 10.2. The second-order valence-electron chi connectivity index (χ2n) is 8.46. The standard InChI is InChI=1S/C25H32ClFN2O6S/c1-33-23-12-10-20(16-24(23)34-2)36(31,32)29(18-9-11-22(27)21(26)15-18)17-25(30)28-13-6-14-35-19-7-4-3-5-8-19/h9-12,15-16,19H,3-8,13-14,17H2,1-2H3,(H,28,30). The van der Waals surface area contributed by atoms with Crippen molar-refractivity contribution < 1.29 is 31.8 Å². The normalized spacial score (nSPS) is 14.3. The third kappa shape index (κ3) is 7.24. The number of carbonyl (C=O) groups excluding carboxylic acids is 1. The molecule has 1 aliphatic carbocycles. The number of nitrogens with zero attached hydrogens (tertiary/aromatic N) is 1. The minimum absolute atomic E-state index is 0.0481. The first kappa shape index (κ1) is 28.0. The van der Waals surface area contributed by atoms with Crippen molar-refractivity contribution in [2.45, 2.75) is 49.5 Å². The smallest absolute Gasteiger partial charge is 0.264 e. The summed E-state index contributed by atoms with van der Waals surface area (Å²) < 4.78 is 58.1. The number of benzene rings is 2. The lowest BCUT2D eigenvalue weighted by Gasteiger charge is -2.25. The molecule has 1 saturated carbocycles. The number of hydrogen-bond acceptors (Lipinski definition) is 6. The maximum absolute atomic E-state index is 13.8. The predicted octanol–water partition coefficient (Wildman–Crippen LogP) is 4.55. The monoisotopic (exact) mass is 542 g/mol. The predicted molar refractivity (Wildman–Crippen MR) is 136 cm³/mol. The average molecular weight is 543 g/mol. The molecule has 8 nitrogen and oxygen atoms in total. The van der Waals surface area contributed by atoms with Gasteiger partial charge in [-0.1, -0.05) is 30.9 Å². The molecule has 0 unspecified atom stereocenters. The molecule has 0 spiro atoms. The molecule has 0 radical (unpaired) electrons. The number of hydrogen-bond donors (Lipinski definition) is 1. The van der Waals surface area contributed by atoms with Gasteiger partial charge in [-0.25, -0.2) is 12.8 Å². The summed E-state index contributed by atoms with van der Waals surface area (Å²) in [5.74, 6) is -0.664. The van der Waals surface area contributed by atoms with Crippen LogP contribution in [0.5, 0.6) is 11.5 Å². The number of sulfonamides is 1. The molecule has 1 fully saturated rings. The molecule has 1 aliphatic rings. The van der Waals surface area contributed by atoms with Gasteiger partial charge in [0, 0.05) is 19.2 Å². The number of nitrogens with one attached hydrogen (secondary N) is 1. The molecule has 2 aromatic rings. The van der Waals surface area contributed by atoms with Gasteiger partial charge in [0.05, 0.1) is 35.9 Å². The van der Waals surface area contributed by atoms with Crippen LogP contribution in [0, 0.1) is 5.82 Å². The van der Waals surface area contributed by atoms with Gasteiger partial charge in [0.1, 0.15) is 12.4 Å². The molecule has 0 saturated heterocycles. The number of halogens is 2. The fourth-order valence-electron chi connectivity index (χ4n) is 4.03. The van der Waals surface area contributed by atoms with Crippen molar-refractivity contribution >= 4 is 33.2 Å². The van der Waals surface area contributed by atoms with E-state index in [1.165, 1.54) is 63.8 Å². The quantitative estimate of drug-likeness (QED) is 0.396. The first-order valence-electron chi connectivity index (χ1n) is 11.8. The lowest BCUT2D eigenvalue weighted by Crippen LogP contribution is -2.41. The SMILES string of the molecule is COc1ccc(S(=O)(=O)N(CC(=O)NCCCOC2CCCCC2)c2ccc(F)c(Cl)c2)cc1OC. The highest BCUT2D eigenvalue weighted by Crippen LogP contribution is 2.33. The largest absolute Gasteiger partial charge is 0.493 e. The van der Waals surface area contributed by atoms with Gasteiger partial charge < -0.3 is 19.5 Å². The molecule has 1 amide bonds. The first-order chi connectivity index (χ1) is 17.3. The lowest BCUT2D eigenvalue weighted by atomic mass is 9.98. The zero-order valence-corrected chi connectivity index (χ0v) is 22.0. The second kappa shape index (κ2) is 13.1. The zero-order chi connectivity index (χ0) is 26.1. The number of ether oxygens (including phenoxy) is 3. The van der Waals surface area contributed by atoms with Crippen LogP contribution >= 0.6 is 11.6 Å². The Labute approximate surface area is 216 Å². The van der Waals surface area contributed by atoms with Gasteiger partial charge in [0.25, 0.3) is 10.0 Å².